The predicted octanol–water partition coefficient (Wildman–Crippen LogP) is 13.4. The fourth-order valence-electron chi connectivity index (χ4n) is 12.2. The van der Waals surface area contributed by atoms with Gasteiger partial charge >= 0.3 is 0 Å². The summed E-state index contributed by atoms with van der Waals surface area (Å²) in [6.45, 7) is 5.99. The molecule has 8 nitrogen and oxygen atoms in total. The Hall–Kier alpha value is -7.06. The smallest absolute Gasteiger partial charge is 0.165 e. The number of rotatable bonds is 12. The van der Waals surface area contributed by atoms with E-state index in [4.69, 9.17) is 20.4 Å². The van der Waals surface area contributed by atoms with Crippen LogP contribution in [0.25, 0.3) is 44.3 Å². The molecule has 8 heteroatoms. The van der Waals surface area contributed by atoms with E-state index in [0.29, 0.717) is 12.5 Å². The number of para-hydroxylation sites is 4. The minimum atomic E-state index is 0.260. The van der Waals surface area contributed by atoms with Gasteiger partial charge < -0.3 is 9.80 Å². The SMILES string of the molecule is CC(C)C[n+]1nc2c(-c3ccc(N(c4ccccc4)c4ccccc4)cc3)c3nn(CC45CC6CC(CC(C6)C4)C5)nc3c(-c3ccc(N(c4ccccc4)c4ccccc4)cc3)c2[n-]1. The summed E-state index contributed by atoms with van der Waals surface area (Å²) in [4.78, 5) is 8.58. The van der Waals surface area contributed by atoms with E-state index in [-0.39, 0.29) is 5.41 Å². The van der Waals surface area contributed by atoms with E-state index in [1.54, 1.807) is 0 Å². The fraction of sp³-hybridized carbons (Fsp3) is 0.263. The largest absolute Gasteiger partial charge is 0.311 e. The Kier molecular flexibility index (Phi) is 9.84. The van der Waals surface area contributed by atoms with Crippen molar-refractivity contribution in [3.8, 4) is 22.3 Å². The lowest BCUT2D eigenvalue weighted by Crippen LogP contribution is -2.48. The van der Waals surface area contributed by atoms with Crippen LogP contribution in [0.1, 0.15) is 52.4 Å². The third kappa shape index (κ3) is 7.35. The second-order valence-electron chi connectivity index (χ2n) is 19.5. The Morgan fingerprint density at radius 2 is 0.908 bits per heavy atom. The van der Waals surface area contributed by atoms with Gasteiger partial charge in [0.15, 0.2) is 6.54 Å². The van der Waals surface area contributed by atoms with E-state index in [1.165, 1.54) is 38.5 Å². The van der Waals surface area contributed by atoms with Crippen LogP contribution in [-0.4, -0.2) is 20.1 Å². The zero-order valence-corrected chi connectivity index (χ0v) is 37.2. The summed E-state index contributed by atoms with van der Waals surface area (Å²) >= 11 is 0. The standard InChI is InChI=1S/C57H54N8/c1-39(2)37-62-58-53-51(43-23-27-49(28-24-43)64(45-15-7-3-8-16-45)46-17-9-4-10-18-46)55-56(61-63(60-55)38-57-34-40-31-41(35-57)33-42(32-40)36-57)52(54(53)59-62)44-25-29-50(30-26-44)65(47-19-11-5-12-20-47)48-21-13-6-14-22-48/h3-30,39-42H,31-38H2,1-2H3. The van der Waals surface area contributed by atoms with Crippen LogP contribution in [0.3, 0.4) is 0 Å². The Balaban J connectivity index is 1.03. The van der Waals surface area contributed by atoms with Gasteiger partial charge in [0.25, 0.3) is 0 Å². The highest BCUT2D eigenvalue weighted by molar-refractivity contribution is 6.16. The van der Waals surface area contributed by atoms with Crippen molar-refractivity contribution in [2.45, 2.75) is 65.5 Å². The molecule has 13 rings (SSSR count). The molecule has 0 spiro atoms. The van der Waals surface area contributed by atoms with Gasteiger partial charge in [-0.15, -0.1) is 0 Å². The highest BCUT2D eigenvalue weighted by Crippen LogP contribution is 2.60. The average molecular weight is 851 g/mol. The topological polar surface area (TPSA) is 68.1 Å². The summed E-state index contributed by atoms with van der Waals surface area (Å²) in [5.74, 6) is 2.91. The first-order valence-electron chi connectivity index (χ1n) is 23.6. The molecule has 322 valence electrons. The molecule has 0 N–H and O–H groups in total. The normalized spacial score (nSPS) is 20.0. The Morgan fingerprint density at radius 3 is 1.32 bits per heavy atom. The number of hydrogen-bond donors (Lipinski definition) is 0. The molecule has 2 heterocycles. The van der Waals surface area contributed by atoms with Crippen LogP contribution in [0.2, 0.25) is 0 Å². The first kappa shape index (κ1) is 39.5. The van der Waals surface area contributed by atoms with Crippen molar-refractivity contribution in [3.63, 3.8) is 0 Å². The van der Waals surface area contributed by atoms with E-state index < -0.39 is 0 Å². The monoisotopic (exact) mass is 850 g/mol. The summed E-state index contributed by atoms with van der Waals surface area (Å²) in [5.41, 5.74) is 14.3. The van der Waals surface area contributed by atoms with Crippen LogP contribution in [0.15, 0.2) is 170 Å². The van der Waals surface area contributed by atoms with E-state index in [9.17, 15) is 0 Å². The molecule has 4 aliphatic rings. The van der Waals surface area contributed by atoms with Crippen LogP contribution >= 0.6 is 0 Å². The molecule has 0 saturated heterocycles. The minimum absolute atomic E-state index is 0.260. The molecule has 0 radical (unpaired) electrons. The van der Waals surface area contributed by atoms with Gasteiger partial charge in [-0.2, -0.15) is 30.0 Å². The van der Waals surface area contributed by atoms with Crippen molar-refractivity contribution < 1.29 is 4.80 Å². The van der Waals surface area contributed by atoms with E-state index in [0.717, 1.165) is 103 Å². The third-order valence-electron chi connectivity index (χ3n) is 14.3. The molecule has 4 saturated carbocycles. The molecule has 0 amide bonds. The summed E-state index contributed by atoms with van der Waals surface area (Å²) in [6, 6.07) is 60.2. The molecule has 2 aromatic heterocycles. The zero-order valence-electron chi connectivity index (χ0n) is 37.2. The lowest BCUT2D eigenvalue weighted by atomic mass is 9.49. The van der Waals surface area contributed by atoms with Gasteiger partial charge in [-0.1, -0.05) is 111 Å². The minimum Gasteiger partial charge on any atom is -0.311 e. The second kappa shape index (κ2) is 16.2. The van der Waals surface area contributed by atoms with Crippen molar-refractivity contribution in [1.29, 1.82) is 0 Å². The molecular weight excluding hydrogens is 797 g/mol. The summed E-state index contributed by atoms with van der Waals surface area (Å²) < 4.78 is 0. The lowest BCUT2D eigenvalue weighted by molar-refractivity contribution is -0.808. The van der Waals surface area contributed by atoms with Gasteiger partial charge in [0.2, 0.25) is 0 Å². The van der Waals surface area contributed by atoms with Crippen molar-refractivity contribution in [1.82, 2.24) is 25.2 Å². The summed E-state index contributed by atoms with van der Waals surface area (Å²) in [7, 11) is 0. The third-order valence-corrected chi connectivity index (χ3v) is 14.3. The molecule has 4 bridgehead atoms. The molecule has 0 atom stereocenters. The van der Waals surface area contributed by atoms with Gasteiger partial charge in [0.1, 0.15) is 11.0 Å². The zero-order chi connectivity index (χ0) is 43.5. The van der Waals surface area contributed by atoms with Crippen molar-refractivity contribution in [2.75, 3.05) is 9.80 Å². The first-order valence-corrected chi connectivity index (χ1v) is 23.6. The van der Waals surface area contributed by atoms with E-state index >= 15 is 0 Å². The fourth-order valence-corrected chi connectivity index (χ4v) is 12.2. The molecule has 0 aliphatic heterocycles. The summed E-state index contributed by atoms with van der Waals surface area (Å²) in [5, 5.41) is 21.8. The highest BCUT2D eigenvalue weighted by Gasteiger charge is 2.51. The Morgan fingerprint density at radius 1 is 0.523 bits per heavy atom. The van der Waals surface area contributed by atoms with Crippen LogP contribution in [0.4, 0.5) is 34.1 Å². The number of fused-ring (bicyclic) bond motifs is 2. The number of anilines is 6. The molecule has 4 aliphatic carbocycles. The maximum atomic E-state index is 5.56. The van der Waals surface area contributed by atoms with Crippen LogP contribution in [0, 0.1) is 29.1 Å². The number of nitrogens with zero attached hydrogens (tertiary/aromatic N) is 8. The average Bonchev–Trinajstić information content (AvgIpc) is 3.92. The highest BCUT2D eigenvalue weighted by atomic mass is 15.5. The van der Waals surface area contributed by atoms with E-state index in [1.807, 2.05) is 4.80 Å². The maximum absolute atomic E-state index is 5.56. The maximum Gasteiger partial charge on any atom is 0.165 e. The Labute approximate surface area is 381 Å². The van der Waals surface area contributed by atoms with Gasteiger partial charge in [-0.25, -0.2) is 0 Å². The molecular formula is C57H54N8. The molecule has 9 aromatic rings. The van der Waals surface area contributed by atoms with Gasteiger partial charge in [0.05, 0.1) is 6.54 Å². The molecule has 0 unspecified atom stereocenters. The molecule has 7 aromatic carbocycles. The number of hydrogen-bond acceptors (Lipinski definition) is 5. The van der Waals surface area contributed by atoms with Gasteiger partial charge in [-0.3, -0.25) is 0 Å². The number of aromatic nitrogens is 6. The first-order chi connectivity index (χ1) is 31.9. The second-order valence-corrected chi connectivity index (χ2v) is 19.5. The van der Waals surface area contributed by atoms with Gasteiger partial charge in [-0.05, 0) is 146 Å². The lowest BCUT2D eigenvalue weighted by Gasteiger charge is -2.56. The predicted molar refractivity (Wildman–Crippen MR) is 262 cm³/mol. The van der Waals surface area contributed by atoms with Crippen LogP contribution in [-0.2, 0) is 13.1 Å². The summed E-state index contributed by atoms with van der Waals surface area (Å²) in [6.07, 6.45) is 8.12. The van der Waals surface area contributed by atoms with Crippen molar-refractivity contribution in [2.24, 2.45) is 29.1 Å². The van der Waals surface area contributed by atoms with E-state index in [2.05, 4.69) is 198 Å². The van der Waals surface area contributed by atoms with Gasteiger partial charge in [0, 0.05) is 62.2 Å². The number of benzene rings is 7. The Bertz CT molecular complexity index is 2790. The quantitative estimate of drug-likeness (QED) is 0.114. The van der Waals surface area contributed by atoms with Crippen molar-refractivity contribution in [3.05, 3.63) is 170 Å². The van der Waals surface area contributed by atoms with Crippen LogP contribution in [0.5, 0.6) is 0 Å². The molecule has 4 fully saturated rings. The van der Waals surface area contributed by atoms with Crippen LogP contribution < -0.4 is 19.7 Å². The molecule has 65 heavy (non-hydrogen) atoms. The van der Waals surface area contributed by atoms with Crippen molar-refractivity contribution >= 4 is 56.2 Å².